The minimum Gasteiger partial charge on any atom is -0.541 e. The zero-order valence-corrected chi connectivity index (χ0v) is 9.74. The molecule has 0 radical (unpaired) electrons. The van der Waals surface area contributed by atoms with Crippen LogP contribution in [0.4, 0.5) is 0 Å². The van der Waals surface area contributed by atoms with Crippen molar-refractivity contribution in [1.29, 1.82) is 0 Å². The van der Waals surface area contributed by atoms with Gasteiger partial charge in [0.05, 0.1) is 0 Å². The minimum absolute atomic E-state index is 0.00230. The first-order valence-electron chi connectivity index (χ1n) is 5.15. The Kier molecular flexibility index (Phi) is 3.48. The lowest BCUT2D eigenvalue weighted by molar-refractivity contribution is -0.296. The van der Waals surface area contributed by atoms with E-state index in [4.69, 9.17) is 0 Å². The monoisotopic (exact) mass is 219 g/mol. The fourth-order valence-electron chi connectivity index (χ4n) is 1.58. The second-order valence-corrected chi connectivity index (χ2v) is 5.01. The Bertz CT molecular complexity index is 413. The van der Waals surface area contributed by atoms with Gasteiger partial charge in [0.25, 0.3) is 0 Å². The van der Waals surface area contributed by atoms with Gasteiger partial charge in [-0.1, -0.05) is 45.0 Å². The Morgan fingerprint density at radius 1 is 1.19 bits per heavy atom. The summed E-state index contributed by atoms with van der Waals surface area (Å²) in [5.41, 5.74) is 0.990. The van der Waals surface area contributed by atoms with Crippen LogP contribution in [0.25, 0.3) is 0 Å². The number of carbonyl (C=O) groups is 2. The van der Waals surface area contributed by atoms with Crippen LogP contribution in [0.2, 0.25) is 0 Å². The first-order chi connectivity index (χ1) is 7.31. The van der Waals surface area contributed by atoms with Crippen LogP contribution in [0.15, 0.2) is 24.3 Å². The van der Waals surface area contributed by atoms with Crippen molar-refractivity contribution in [2.45, 2.75) is 27.2 Å². The van der Waals surface area contributed by atoms with Crippen molar-refractivity contribution in [3.63, 3.8) is 0 Å². The molecule has 1 aromatic carbocycles. The fraction of sp³-hybridized carbons (Fsp3) is 0.385. The number of ketones is 1. The van der Waals surface area contributed by atoms with E-state index in [9.17, 15) is 14.7 Å². The first kappa shape index (κ1) is 12.4. The molecule has 0 aliphatic carbocycles. The van der Waals surface area contributed by atoms with Crippen LogP contribution in [0.1, 0.15) is 36.7 Å². The molecule has 0 amide bonds. The highest BCUT2D eigenvalue weighted by Crippen LogP contribution is 2.23. The fourth-order valence-corrected chi connectivity index (χ4v) is 1.58. The third-order valence-corrected chi connectivity index (χ3v) is 2.17. The molecule has 0 atom stereocenters. The normalized spacial score (nSPS) is 11.2. The van der Waals surface area contributed by atoms with E-state index in [1.807, 2.05) is 20.8 Å². The Morgan fingerprint density at radius 3 is 2.25 bits per heavy atom. The quantitative estimate of drug-likeness (QED) is 0.567. The van der Waals surface area contributed by atoms with Crippen molar-refractivity contribution in [3.05, 3.63) is 35.4 Å². The van der Waals surface area contributed by atoms with Gasteiger partial charge in [-0.2, -0.15) is 0 Å². The van der Waals surface area contributed by atoms with Gasteiger partial charge in [-0.25, -0.2) is 0 Å². The third-order valence-electron chi connectivity index (χ3n) is 2.17. The molecule has 0 saturated carbocycles. The highest BCUT2D eigenvalue weighted by atomic mass is 16.4. The maximum atomic E-state index is 11.4. The maximum absolute atomic E-state index is 11.4. The van der Waals surface area contributed by atoms with Crippen LogP contribution in [0, 0.1) is 5.41 Å². The van der Waals surface area contributed by atoms with Crippen molar-refractivity contribution >= 4 is 11.8 Å². The van der Waals surface area contributed by atoms with Gasteiger partial charge in [-0.05, 0) is 17.4 Å². The van der Waals surface area contributed by atoms with Gasteiger partial charge in [0.2, 0.25) is 5.78 Å². The molecule has 16 heavy (non-hydrogen) atoms. The second-order valence-electron chi connectivity index (χ2n) is 5.01. The number of carboxylic acid groups (broad SMARTS) is 1. The zero-order chi connectivity index (χ0) is 12.3. The molecular weight excluding hydrogens is 204 g/mol. The van der Waals surface area contributed by atoms with Crippen molar-refractivity contribution in [3.8, 4) is 0 Å². The summed E-state index contributed by atoms with van der Waals surface area (Å²) in [6, 6.07) is 6.76. The molecule has 1 rings (SSSR count). The van der Waals surface area contributed by atoms with Gasteiger partial charge >= 0.3 is 0 Å². The standard InChI is InChI=1S/C13H16O3/c1-13(2,3)8-9-6-4-5-7-10(9)11(14)12(15)16/h4-7H,8H2,1-3H3,(H,15,16)/p-1. The molecular formula is C13H15O3-. The summed E-state index contributed by atoms with van der Waals surface area (Å²) in [5.74, 6) is -2.60. The number of Topliss-reactive ketones (excluding diaryl/α,β-unsaturated/α-hetero) is 1. The number of hydrogen-bond acceptors (Lipinski definition) is 3. The molecule has 0 spiro atoms. The lowest BCUT2D eigenvalue weighted by atomic mass is 9.85. The van der Waals surface area contributed by atoms with Gasteiger partial charge < -0.3 is 9.90 Å². The molecule has 0 aliphatic heterocycles. The van der Waals surface area contributed by atoms with Crippen LogP contribution >= 0.6 is 0 Å². The Labute approximate surface area is 95.1 Å². The number of benzene rings is 1. The molecule has 0 aliphatic rings. The van der Waals surface area contributed by atoms with Crippen molar-refractivity contribution < 1.29 is 14.7 Å². The van der Waals surface area contributed by atoms with E-state index >= 15 is 0 Å². The average Bonchev–Trinajstić information content (AvgIpc) is 2.15. The second kappa shape index (κ2) is 4.47. The van der Waals surface area contributed by atoms with Gasteiger partial charge in [-0.15, -0.1) is 0 Å². The van der Waals surface area contributed by atoms with E-state index in [0.717, 1.165) is 5.56 Å². The first-order valence-corrected chi connectivity index (χ1v) is 5.15. The van der Waals surface area contributed by atoms with Crippen molar-refractivity contribution in [1.82, 2.24) is 0 Å². The van der Waals surface area contributed by atoms with E-state index < -0.39 is 11.8 Å². The average molecular weight is 219 g/mol. The third kappa shape index (κ3) is 3.19. The molecule has 86 valence electrons. The largest absolute Gasteiger partial charge is 0.541 e. The number of aliphatic carboxylic acids is 1. The van der Waals surface area contributed by atoms with Crippen LogP contribution in [0.3, 0.4) is 0 Å². The van der Waals surface area contributed by atoms with E-state index in [0.29, 0.717) is 6.42 Å². The molecule has 0 fully saturated rings. The Morgan fingerprint density at radius 2 is 1.75 bits per heavy atom. The van der Waals surface area contributed by atoms with Gasteiger partial charge in [0.15, 0.2) is 0 Å². The molecule has 1 aromatic rings. The minimum atomic E-state index is -1.65. The van der Waals surface area contributed by atoms with Crippen molar-refractivity contribution in [2.24, 2.45) is 5.41 Å². The predicted octanol–water partition coefficient (Wildman–Crippen LogP) is 1.21. The Balaban J connectivity index is 3.10. The summed E-state index contributed by atoms with van der Waals surface area (Å²) >= 11 is 0. The summed E-state index contributed by atoms with van der Waals surface area (Å²) in [6.45, 7) is 6.10. The number of hydrogen-bond donors (Lipinski definition) is 0. The summed E-state index contributed by atoms with van der Waals surface area (Å²) in [7, 11) is 0. The Hall–Kier alpha value is -1.64. The van der Waals surface area contributed by atoms with E-state index in [1.54, 1.807) is 18.2 Å². The van der Waals surface area contributed by atoms with E-state index in [-0.39, 0.29) is 11.0 Å². The molecule has 3 heteroatoms. The van der Waals surface area contributed by atoms with E-state index in [2.05, 4.69) is 0 Å². The smallest absolute Gasteiger partial charge is 0.208 e. The summed E-state index contributed by atoms with van der Waals surface area (Å²) in [4.78, 5) is 21.9. The summed E-state index contributed by atoms with van der Waals surface area (Å²) in [5, 5.41) is 10.6. The molecule has 0 heterocycles. The van der Waals surface area contributed by atoms with Crippen molar-refractivity contribution in [2.75, 3.05) is 0 Å². The molecule has 0 bridgehead atoms. The molecule has 0 saturated heterocycles. The van der Waals surface area contributed by atoms with Crippen LogP contribution in [0.5, 0.6) is 0 Å². The molecule has 3 nitrogen and oxygen atoms in total. The topological polar surface area (TPSA) is 57.2 Å². The van der Waals surface area contributed by atoms with Crippen LogP contribution in [-0.2, 0) is 11.2 Å². The molecule has 0 N–H and O–H groups in total. The predicted molar refractivity (Wildman–Crippen MR) is 58.9 cm³/mol. The van der Waals surface area contributed by atoms with Gasteiger partial charge in [0.1, 0.15) is 5.97 Å². The molecule has 0 unspecified atom stereocenters. The molecule has 0 aromatic heterocycles. The highest BCUT2D eigenvalue weighted by molar-refractivity contribution is 6.39. The highest BCUT2D eigenvalue weighted by Gasteiger charge is 2.17. The number of carboxylic acids is 1. The lowest BCUT2D eigenvalue weighted by Gasteiger charge is -2.20. The van der Waals surface area contributed by atoms with Gasteiger partial charge in [-0.3, -0.25) is 4.79 Å². The maximum Gasteiger partial charge on any atom is 0.208 e. The number of carbonyl (C=O) groups excluding carboxylic acids is 2. The van der Waals surface area contributed by atoms with Crippen LogP contribution < -0.4 is 5.11 Å². The van der Waals surface area contributed by atoms with Crippen LogP contribution in [-0.4, -0.2) is 11.8 Å². The lowest BCUT2D eigenvalue weighted by Crippen LogP contribution is -2.32. The number of rotatable bonds is 3. The van der Waals surface area contributed by atoms with Gasteiger partial charge in [0, 0.05) is 5.56 Å². The SMILES string of the molecule is CC(C)(C)Cc1ccccc1C(=O)C(=O)[O-]. The zero-order valence-electron chi connectivity index (χ0n) is 9.74. The summed E-state index contributed by atoms with van der Waals surface area (Å²) in [6.07, 6.45) is 0.655. The summed E-state index contributed by atoms with van der Waals surface area (Å²) < 4.78 is 0. The van der Waals surface area contributed by atoms with E-state index in [1.165, 1.54) is 6.07 Å².